The average molecular weight is 373 g/mol. The molecule has 0 spiro atoms. The predicted molar refractivity (Wildman–Crippen MR) is 92.7 cm³/mol. The first kappa shape index (κ1) is 22.0. The van der Waals surface area contributed by atoms with Crippen molar-refractivity contribution >= 4 is 11.9 Å². The second kappa shape index (κ2) is 10.8. The highest BCUT2D eigenvalue weighted by Crippen LogP contribution is 2.29. The van der Waals surface area contributed by atoms with Crippen LogP contribution >= 0.6 is 0 Å². The monoisotopic (exact) mass is 373 g/mol. The molecular weight excluding hydrogens is 347 g/mol. The third-order valence-electron chi connectivity index (χ3n) is 4.10. The lowest BCUT2D eigenvalue weighted by Gasteiger charge is -2.15. The Hall–Kier alpha value is -2.05. The Kier molecular flexibility index (Phi) is 9.16. The maximum absolute atomic E-state index is 12.7. The van der Waals surface area contributed by atoms with Gasteiger partial charge in [0.25, 0.3) is 0 Å². The van der Waals surface area contributed by atoms with E-state index in [9.17, 15) is 27.9 Å². The van der Waals surface area contributed by atoms with Crippen molar-refractivity contribution in [3.8, 4) is 0 Å². The molecule has 1 atom stereocenters. The summed E-state index contributed by atoms with van der Waals surface area (Å²) >= 11 is 0. The van der Waals surface area contributed by atoms with Crippen LogP contribution in [0.15, 0.2) is 24.3 Å². The third-order valence-corrected chi connectivity index (χ3v) is 4.10. The van der Waals surface area contributed by atoms with Gasteiger partial charge in [0.2, 0.25) is 5.91 Å². The summed E-state index contributed by atoms with van der Waals surface area (Å²) in [6, 6.07) is 3.47. The molecule has 0 saturated heterocycles. The first-order valence-corrected chi connectivity index (χ1v) is 8.92. The van der Waals surface area contributed by atoms with E-state index >= 15 is 0 Å². The zero-order chi connectivity index (χ0) is 19.6. The Morgan fingerprint density at radius 1 is 1.12 bits per heavy atom. The van der Waals surface area contributed by atoms with Crippen molar-refractivity contribution in [2.45, 2.75) is 70.5 Å². The van der Waals surface area contributed by atoms with Crippen LogP contribution in [0, 0.1) is 0 Å². The van der Waals surface area contributed by atoms with Gasteiger partial charge in [-0.25, -0.2) is 4.79 Å². The predicted octanol–water partition coefficient (Wildman–Crippen LogP) is 4.57. The van der Waals surface area contributed by atoms with Gasteiger partial charge in [0.1, 0.15) is 6.04 Å². The van der Waals surface area contributed by atoms with E-state index in [1.54, 1.807) is 0 Å². The molecule has 0 aliphatic heterocycles. The molecule has 4 nitrogen and oxygen atoms in total. The fraction of sp³-hybridized carbons (Fsp3) is 0.579. The maximum atomic E-state index is 12.7. The molecule has 0 aromatic heterocycles. The molecule has 0 aliphatic rings. The lowest BCUT2D eigenvalue weighted by atomic mass is 10.0. The van der Waals surface area contributed by atoms with Gasteiger partial charge < -0.3 is 10.4 Å². The topological polar surface area (TPSA) is 66.4 Å². The lowest BCUT2D eigenvalue weighted by Crippen LogP contribution is -2.41. The molecule has 1 aromatic rings. The van der Waals surface area contributed by atoms with Gasteiger partial charge in [0, 0.05) is 0 Å². The number of benzene rings is 1. The van der Waals surface area contributed by atoms with E-state index in [-0.39, 0.29) is 12.0 Å². The smallest absolute Gasteiger partial charge is 0.416 e. The number of carbonyl (C=O) groups is 2. The number of alkyl halides is 3. The molecule has 146 valence electrons. The van der Waals surface area contributed by atoms with Crippen LogP contribution in [0.1, 0.15) is 63.0 Å². The summed E-state index contributed by atoms with van der Waals surface area (Å²) in [5.41, 5.74) is -0.634. The number of halogens is 3. The zero-order valence-electron chi connectivity index (χ0n) is 14.9. The fourth-order valence-corrected chi connectivity index (χ4v) is 2.67. The minimum absolute atomic E-state index is 0.195. The van der Waals surface area contributed by atoms with E-state index in [4.69, 9.17) is 0 Å². The number of unbranched alkanes of at least 4 members (excludes halogenated alkanes) is 5. The van der Waals surface area contributed by atoms with E-state index < -0.39 is 29.7 Å². The average Bonchev–Trinajstić information content (AvgIpc) is 2.56. The molecule has 0 fully saturated rings. The van der Waals surface area contributed by atoms with Crippen LogP contribution in [-0.4, -0.2) is 23.0 Å². The third kappa shape index (κ3) is 8.36. The van der Waals surface area contributed by atoms with Gasteiger partial charge in [-0.1, -0.05) is 63.6 Å². The van der Waals surface area contributed by atoms with E-state index in [1.165, 1.54) is 12.1 Å². The summed E-state index contributed by atoms with van der Waals surface area (Å²) in [4.78, 5) is 23.3. The molecule has 2 N–H and O–H groups in total. The number of nitrogens with one attached hydrogen (secondary N) is 1. The van der Waals surface area contributed by atoms with E-state index in [0.29, 0.717) is 12.8 Å². The molecule has 0 bridgehead atoms. The number of hydrogen-bond donors (Lipinski definition) is 2. The van der Waals surface area contributed by atoms with Crippen LogP contribution in [0.4, 0.5) is 13.2 Å². The Labute approximate surface area is 151 Å². The van der Waals surface area contributed by atoms with E-state index in [2.05, 4.69) is 12.2 Å². The number of aliphatic carboxylic acids is 1. The van der Waals surface area contributed by atoms with E-state index in [0.717, 1.165) is 44.2 Å². The summed E-state index contributed by atoms with van der Waals surface area (Å²) in [6.45, 7) is 2.11. The molecule has 26 heavy (non-hydrogen) atoms. The van der Waals surface area contributed by atoms with Crippen molar-refractivity contribution in [3.63, 3.8) is 0 Å². The number of amides is 1. The summed E-state index contributed by atoms with van der Waals surface area (Å²) in [5.74, 6) is -1.72. The van der Waals surface area contributed by atoms with Gasteiger partial charge in [-0.2, -0.15) is 13.2 Å². The van der Waals surface area contributed by atoms with Gasteiger partial charge in [0.15, 0.2) is 0 Å². The lowest BCUT2D eigenvalue weighted by molar-refractivity contribution is -0.142. The number of carbonyl (C=O) groups excluding carboxylic acids is 1. The summed E-state index contributed by atoms with van der Waals surface area (Å²) < 4.78 is 38.1. The van der Waals surface area contributed by atoms with Crippen molar-refractivity contribution < 1.29 is 27.9 Å². The van der Waals surface area contributed by atoms with Crippen LogP contribution in [0.25, 0.3) is 0 Å². The number of hydrogen-bond acceptors (Lipinski definition) is 2. The van der Waals surface area contributed by atoms with Crippen LogP contribution < -0.4 is 5.32 Å². The molecule has 1 aromatic carbocycles. The van der Waals surface area contributed by atoms with Gasteiger partial charge >= 0.3 is 12.1 Å². The van der Waals surface area contributed by atoms with Crippen molar-refractivity contribution in [1.29, 1.82) is 0 Å². The molecule has 0 unspecified atom stereocenters. The van der Waals surface area contributed by atoms with Crippen molar-refractivity contribution in [2.75, 3.05) is 0 Å². The van der Waals surface area contributed by atoms with Crippen LogP contribution in [-0.2, 0) is 22.2 Å². The van der Waals surface area contributed by atoms with Crippen molar-refractivity contribution in [3.05, 3.63) is 35.4 Å². The molecule has 0 saturated carbocycles. The highest BCUT2D eigenvalue weighted by molar-refractivity contribution is 5.84. The highest BCUT2D eigenvalue weighted by Gasteiger charge is 2.30. The standard InChI is InChI=1S/C19H26F3NO3/c1-2-3-4-5-6-7-11-16(18(25)26)23-17(24)13-14-9-8-10-15(12-14)19(20,21)22/h8-10,12,16H,2-7,11,13H2,1H3,(H,23,24)(H,25,26)/t16-/m1/s1. The number of carboxylic acid groups (broad SMARTS) is 1. The van der Waals surface area contributed by atoms with Gasteiger partial charge in [-0.05, 0) is 18.1 Å². The quantitative estimate of drug-likeness (QED) is 0.559. The zero-order valence-corrected chi connectivity index (χ0v) is 14.9. The Morgan fingerprint density at radius 2 is 1.77 bits per heavy atom. The number of rotatable bonds is 11. The van der Waals surface area contributed by atoms with E-state index in [1.807, 2.05) is 0 Å². The Bertz CT molecular complexity index is 588. The van der Waals surface area contributed by atoms with Gasteiger partial charge in [-0.3, -0.25) is 4.79 Å². The largest absolute Gasteiger partial charge is 0.480 e. The normalized spacial score (nSPS) is 12.6. The van der Waals surface area contributed by atoms with Crippen molar-refractivity contribution in [1.82, 2.24) is 5.32 Å². The molecular formula is C19H26F3NO3. The minimum atomic E-state index is -4.48. The Morgan fingerprint density at radius 3 is 2.38 bits per heavy atom. The van der Waals surface area contributed by atoms with Crippen LogP contribution in [0.2, 0.25) is 0 Å². The molecule has 7 heteroatoms. The van der Waals surface area contributed by atoms with Crippen LogP contribution in [0.5, 0.6) is 0 Å². The van der Waals surface area contributed by atoms with Gasteiger partial charge in [-0.15, -0.1) is 0 Å². The SMILES string of the molecule is CCCCCCCC[C@@H](NC(=O)Cc1cccc(C(F)(F)F)c1)C(=O)O. The molecule has 0 aliphatic carbocycles. The second-order valence-corrected chi connectivity index (χ2v) is 6.39. The summed E-state index contributed by atoms with van der Waals surface area (Å²) in [7, 11) is 0. The van der Waals surface area contributed by atoms with Crippen molar-refractivity contribution in [2.24, 2.45) is 0 Å². The first-order valence-electron chi connectivity index (χ1n) is 8.92. The fourth-order valence-electron chi connectivity index (χ4n) is 2.67. The molecule has 0 radical (unpaired) electrons. The molecule has 0 heterocycles. The molecule has 1 amide bonds. The number of carboxylic acids is 1. The maximum Gasteiger partial charge on any atom is 0.416 e. The Balaban J connectivity index is 2.51. The minimum Gasteiger partial charge on any atom is -0.480 e. The highest BCUT2D eigenvalue weighted by atomic mass is 19.4. The summed E-state index contributed by atoms with van der Waals surface area (Å²) in [5, 5.41) is 11.6. The first-order chi connectivity index (χ1) is 12.2. The van der Waals surface area contributed by atoms with Crippen LogP contribution in [0.3, 0.4) is 0 Å². The van der Waals surface area contributed by atoms with Gasteiger partial charge in [0.05, 0.1) is 12.0 Å². The summed E-state index contributed by atoms with van der Waals surface area (Å²) in [6.07, 6.45) is 1.54. The molecule has 1 rings (SSSR count). The second-order valence-electron chi connectivity index (χ2n) is 6.39.